The predicted molar refractivity (Wildman–Crippen MR) is 106 cm³/mol. The Kier molecular flexibility index (Phi) is 6.20. The Morgan fingerprint density at radius 3 is 2.70 bits per heavy atom. The molecular formula is C19H20N6O5. The van der Waals surface area contributed by atoms with Crippen LogP contribution in [0.25, 0.3) is 0 Å². The minimum absolute atomic E-state index is 0.0797. The van der Waals surface area contributed by atoms with E-state index in [1.807, 2.05) is 6.07 Å². The van der Waals surface area contributed by atoms with Crippen LogP contribution in [-0.2, 0) is 22.6 Å². The third-order valence-electron chi connectivity index (χ3n) is 4.36. The molecule has 0 bridgehead atoms. The molecule has 0 radical (unpaired) electrons. The van der Waals surface area contributed by atoms with E-state index in [0.29, 0.717) is 23.5 Å². The van der Waals surface area contributed by atoms with Gasteiger partial charge < -0.3 is 10.1 Å². The number of hydrogen-bond donors (Lipinski definition) is 1. The van der Waals surface area contributed by atoms with Crippen molar-refractivity contribution in [3.05, 3.63) is 69.8 Å². The number of aryl methyl sites for hydroxylation is 2. The summed E-state index contributed by atoms with van der Waals surface area (Å²) in [5.41, 5.74) is 1.90. The number of hydrogen-bond acceptors (Lipinski definition) is 7. The minimum atomic E-state index is -0.508. The highest BCUT2D eigenvalue weighted by Crippen LogP contribution is 2.16. The number of amides is 1. The average molecular weight is 412 g/mol. The van der Waals surface area contributed by atoms with E-state index in [0.717, 1.165) is 5.56 Å². The van der Waals surface area contributed by atoms with Gasteiger partial charge in [0.1, 0.15) is 11.9 Å². The topological polar surface area (TPSA) is 134 Å². The minimum Gasteiger partial charge on any atom is -0.465 e. The second kappa shape index (κ2) is 8.99. The number of anilines is 1. The highest BCUT2D eigenvalue weighted by atomic mass is 16.6. The maximum Gasteiger partial charge on any atom is 0.338 e. The van der Waals surface area contributed by atoms with E-state index in [1.54, 1.807) is 36.0 Å². The predicted octanol–water partition coefficient (Wildman–Crippen LogP) is 2.16. The van der Waals surface area contributed by atoms with E-state index in [1.165, 1.54) is 24.2 Å². The average Bonchev–Trinajstić information content (AvgIpc) is 3.32. The molecule has 156 valence electrons. The van der Waals surface area contributed by atoms with Crippen molar-refractivity contribution in [2.24, 2.45) is 0 Å². The van der Waals surface area contributed by atoms with E-state index < -0.39 is 10.9 Å². The smallest absolute Gasteiger partial charge is 0.338 e. The Labute approximate surface area is 171 Å². The highest BCUT2D eigenvalue weighted by Gasteiger charge is 2.16. The van der Waals surface area contributed by atoms with Gasteiger partial charge in [0.05, 0.1) is 36.0 Å². The van der Waals surface area contributed by atoms with Crippen LogP contribution in [-0.4, -0.2) is 43.5 Å². The van der Waals surface area contributed by atoms with Gasteiger partial charge in [-0.15, -0.1) is 0 Å². The molecule has 3 aromatic rings. The summed E-state index contributed by atoms with van der Waals surface area (Å²) in [6.07, 6.45) is 4.55. The fraction of sp³-hybridized carbons (Fsp3) is 0.263. The van der Waals surface area contributed by atoms with Crippen molar-refractivity contribution in [3.8, 4) is 0 Å². The number of rotatable bonds is 8. The summed E-state index contributed by atoms with van der Waals surface area (Å²) in [6, 6.07) is 7.04. The number of nitrogens with zero attached hydrogens (tertiary/aromatic N) is 5. The van der Waals surface area contributed by atoms with Gasteiger partial charge in [0, 0.05) is 19.2 Å². The molecule has 0 aliphatic carbocycles. The number of aromatic nitrogens is 4. The first-order chi connectivity index (χ1) is 14.4. The van der Waals surface area contributed by atoms with Crippen molar-refractivity contribution in [1.82, 2.24) is 19.6 Å². The van der Waals surface area contributed by atoms with E-state index in [9.17, 15) is 19.7 Å². The molecular weight excluding hydrogens is 392 g/mol. The summed E-state index contributed by atoms with van der Waals surface area (Å²) in [7, 11) is 1.32. The maximum atomic E-state index is 12.2. The summed E-state index contributed by atoms with van der Waals surface area (Å²) in [4.78, 5) is 34.4. The molecule has 1 amide bonds. The Hall–Kier alpha value is -4.02. The first-order valence-corrected chi connectivity index (χ1v) is 9.04. The number of ether oxygens (including phenoxy) is 1. The largest absolute Gasteiger partial charge is 0.465 e. The Morgan fingerprint density at radius 2 is 2.00 bits per heavy atom. The zero-order valence-electron chi connectivity index (χ0n) is 16.4. The summed E-state index contributed by atoms with van der Waals surface area (Å²) in [6.45, 7) is 2.08. The molecule has 30 heavy (non-hydrogen) atoms. The van der Waals surface area contributed by atoms with Gasteiger partial charge in [-0.05, 0) is 18.6 Å². The van der Waals surface area contributed by atoms with Gasteiger partial charge in [-0.25, -0.2) is 4.79 Å². The molecule has 0 aliphatic heterocycles. The Bertz CT molecular complexity index is 1090. The van der Waals surface area contributed by atoms with Gasteiger partial charge in [-0.2, -0.15) is 10.2 Å². The molecule has 0 aliphatic rings. The lowest BCUT2D eigenvalue weighted by Crippen LogP contribution is -2.14. The molecule has 0 saturated carbocycles. The van der Waals surface area contributed by atoms with Gasteiger partial charge in [0.25, 0.3) is 0 Å². The van der Waals surface area contributed by atoms with Crippen molar-refractivity contribution in [1.29, 1.82) is 0 Å². The third kappa shape index (κ3) is 4.87. The fourth-order valence-corrected chi connectivity index (χ4v) is 2.90. The Morgan fingerprint density at radius 1 is 1.23 bits per heavy atom. The van der Waals surface area contributed by atoms with Gasteiger partial charge >= 0.3 is 11.7 Å². The standard InChI is InChI=1S/C19H20N6O5/c1-13-17(25(28)29)12-23(22-13)8-7-18(26)21-15-9-20-24(11-15)10-14-5-3-4-6-16(14)19(27)30-2/h3-6,9,11-12H,7-8,10H2,1-2H3,(H,21,26). The molecule has 0 unspecified atom stereocenters. The van der Waals surface area contributed by atoms with Crippen molar-refractivity contribution >= 4 is 23.3 Å². The number of esters is 1. The van der Waals surface area contributed by atoms with Crippen molar-refractivity contribution in [3.63, 3.8) is 0 Å². The molecule has 3 rings (SSSR count). The lowest BCUT2D eigenvalue weighted by molar-refractivity contribution is -0.385. The van der Waals surface area contributed by atoms with Crippen LogP contribution in [0.15, 0.2) is 42.9 Å². The number of carbonyl (C=O) groups excluding carboxylic acids is 2. The number of methoxy groups -OCH3 is 1. The number of nitrogens with one attached hydrogen (secondary N) is 1. The van der Waals surface area contributed by atoms with E-state index in [-0.39, 0.29) is 24.6 Å². The summed E-state index contributed by atoms with van der Waals surface area (Å²) in [5.74, 6) is -0.708. The van der Waals surface area contributed by atoms with E-state index >= 15 is 0 Å². The molecule has 0 saturated heterocycles. The third-order valence-corrected chi connectivity index (χ3v) is 4.36. The SMILES string of the molecule is COC(=O)c1ccccc1Cn1cc(NC(=O)CCn2cc([N+](=O)[O-])c(C)n2)cn1. The zero-order valence-corrected chi connectivity index (χ0v) is 16.4. The van der Waals surface area contributed by atoms with Gasteiger partial charge in [0.15, 0.2) is 0 Å². The highest BCUT2D eigenvalue weighted by molar-refractivity contribution is 5.91. The monoisotopic (exact) mass is 412 g/mol. The van der Waals surface area contributed by atoms with E-state index in [2.05, 4.69) is 15.5 Å². The van der Waals surface area contributed by atoms with Crippen LogP contribution < -0.4 is 5.32 Å². The second-order valence-electron chi connectivity index (χ2n) is 6.49. The van der Waals surface area contributed by atoms with Crippen LogP contribution in [0.4, 0.5) is 11.4 Å². The molecule has 11 heteroatoms. The summed E-state index contributed by atoms with van der Waals surface area (Å²) in [5, 5.41) is 21.8. The van der Waals surface area contributed by atoms with Crippen LogP contribution in [0.3, 0.4) is 0 Å². The molecule has 11 nitrogen and oxygen atoms in total. The molecule has 1 N–H and O–H groups in total. The molecule has 0 spiro atoms. The molecule has 0 atom stereocenters. The fourth-order valence-electron chi connectivity index (χ4n) is 2.90. The first kappa shape index (κ1) is 20.7. The summed E-state index contributed by atoms with van der Waals surface area (Å²) < 4.78 is 7.76. The van der Waals surface area contributed by atoms with Crippen molar-refractivity contribution in [2.45, 2.75) is 26.4 Å². The van der Waals surface area contributed by atoms with Crippen LogP contribution in [0.2, 0.25) is 0 Å². The molecule has 0 fully saturated rings. The van der Waals surface area contributed by atoms with Gasteiger partial charge in [0.2, 0.25) is 5.91 Å². The number of carbonyl (C=O) groups is 2. The normalized spacial score (nSPS) is 10.6. The molecule has 2 aromatic heterocycles. The van der Waals surface area contributed by atoms with Crippen LogP contribution in [0.5, 0.6) is 0 Å². The number of nitro groups is 1. The molecule has 1 aromatic carbocycles. The van der Waals surface area contributed by atoms with E-state index in [4.69, 9.17) is 4.74 Å². The summed E-state index contributed by atoms with van der Waals surface area (Å²) >= 11 is 0. The number of benzene rings is 1. The quantitative estimate of drug-likeness (QED) is 0.340. The van der Waals surface area contributed by atoms with Crippen LogP contribution in [0, 0.1) is 17.0 Å². The van der Waals surface area contributed by atoms with Crippen molar-refractivity contribution in [2.75, 3.05) is 12.4 Å². The maximum absolute atomic E-state index is 12.2. The van der Waals surface area contributed by atoms with Crippen LogP contribution in [0.1, 0.15) is 28.0 Å². The second-order valence-corrected chi connectivity index (χ2v) is 6.49. The zero-order chi connectivity index (χ0) is 21.7. The van der Waals surface area contributed by atoms with Crippen molar-refractivity contribution < 1.29 is 19.2 Å². The van der Waals surface area contributed by atoms with Gasteiger partial charge in [-0.1, -0.05) is 18.2 Å². The molecule has 2 heterocycles. The lowest BCUT2D eigenvalue weighted by atomic mass is 10.1. The lowest BCUT2D eigenvalue weighted by Gasteiger charge is -2.07. The van der Waals surface area contributed by atoms with Crippen LogP contribution >= 0.6 is 0 Å². The Balaban J connectivity index is 1.58. The van der Waals surface area contributed by atoms with Gasteiger partial charge in [-0.3, -0.25) is 24.3 Å². The first-order valence-electron chi connectivity index (χ1n) is 9.04.